The van der Waals surface area contributed by atoms with E-state index in [0.717, 1.165) is 10.0 Å². The first-order valence-electron chi connectivity index (χ1n) is 5.75. The maximum Gasteiger partial charge on any atom is 0.251 e. The maximum absolute atomic E-state index is 12.0. The van der Waals surface area contributed by atoms with E-state index in [1.807, 2.05) is 13.0 Å². The van der Waals surface area contributed by atoms with E-state index in [0.29, 0.717) is 18.6 Å². The Bertz CT molecular complexity index is 403. The molecule has 0 fully saturated rings. The molecule has 4 nitrogen and oxygen atoms in total. The van der Waals surface area contributed by atoms with E-state index in [9.17, 15) is 4.79 Å². The number of aliphatic hydroxyl groups is 1. The number of carbonyl (C=O) groups is 1. The van der Waals surface area contributed by atoms with Gasteiger partial charge in [-0.25, -0.2) is 0 Å². The highest BCUT2D eigenvalue weighted by atomic mass is 79.9. The molecule has 100 valence electrons. The zero-order valence-corrected chi connectivity index (χ0v) is 12.2. The van der Waals surface area contributed by atoms with Gasteiger partial charge in [-0.15, -0.1) is 0 Å². The summed E-state index contributed by atoms with van der Waals surface area (Å²) in [5.74, 6) is -0.161. The minimum atomic E-state index is -0.174. The molecule has 0 aliphatic carbocycles. The van der Waals surface area contributed by atoms with Crippen molar-refractivity contribution in [1.82, 2.24) is 5.32 Å². The number of hydrogen-bond acceptors (Lipinski definition) is 3. The Balaban J connectivity index is 2.70. The molecule has 1 atom stereocenters. The topological polar surface area (TPSA) is 58.6 Å². The number of methoxy groups -OCH3 is 1. The average molecular weight is 316 g/mol. The van der Waals surface area contributed by atoms with Crippen molar-refractivity contribution in [2.45, 2.75) is 19.4 Å². The highest BCUT2D eigenvalue weighted by molar-refractivity contribution is 9.10. The summed E-state index contributed by atoms with van der Waals surface area (Å²) in [6, 6.07) is 5.27. The highest BCUT2D eigenvalue weighted by Gasteiger charge is 2.13. The van der Waals surface area contributed by atoms with Crippen LogP contribution in [0.4, 0.5) is 0 Å². The SMILES string of the molecule is COCC(CCO)NC(=O)c1ccc(C)c(Br)c1. The number of aryl methyl sites for hydroxylation is 1. The molecule has 0 spiro atoms. The van der Waals surface area contributed by atoms with Crippen molar-refractivity contribution in [3.63, 3.8) is 0 Å². The van der Waals surface area contributed by atoms with E-state index in [-0.39, 0.29) is 18.6 Å². The van der Waals surface area contributed by atoms with Crippen molar-refractivity contribution in [3.8, 4) is 0 Å². The van der Waals surface area contributed by atoms with Gasteiger partial charge in [-0.05, 0) is 31.0 Å². The number of carbonyl (C=O) groups excluding carboxylic acids is 1. The van der Waals surface area contributed by atoms with Crippen LogP contribution in [0.15, 0.2) is 22.7 Å². The van der Waals surface area contributed by atoms with E-state index in [1.54, 1.807) is 19.2 Å². The fourth-order valence-electron chi connectivity index (χ4n) is 1.56. The second-order valence-electron chi connectivity index (χ2n) is 4.10. The molecule has 2 N–H and O–H groups in total. The lowest BCUT2D eigenvalue weighted by Gasteiger charge is -2.17. The summed E-state index contributed by atoms with van der Waals surface area (Å²) >= 11 is 3.40. The minimum absolute atomic E-state index is 0.0197. The largest absolute Gasteiger partial charge is 0.396 e. The third-order valence-electron chi connectivity index (χ3n) is 2.61. The lowest BCUT2D eigenvalue weighted by atomic mass is 10.1. The molecule has 0 aliphatic rings. The second kappa shape index (κ2) is 7.51. The van der Waals surface area contributed by atoms with Gasteiger partial charge in [0.2, 0.25) is 0 Å². The Hall–Kier alpha value is -0.910. The molecule has 0 radical (unpaired) electrons. The molecular weight excluding hydrogens is 298 g/mol. The van der Waals surface area contributed by atoms with Crippen molar-refractivity contribution < 1.29 is 14.6 Å². The van der Waals surface area contributed by atoms with Gasteiger partial charge in [-0.2, -0.15) is 0 Å². The van der Waals surface area contributed by atoms with Crippen molar-refractivity contribution in [1.29, 1.82) is 0 Å². The van der Waals surface area contributed by atoms with Gasteiger partial charge in [-0.3, -0.25) is 4.79 Å². The molecule has 0 saturated heterocycles. The first kappa shape index (κ1) is 15.1. The van der Waals surface area contributed by atoms with Gasteiger partial charge in [-0.1, -0.05) is 22.0 Å². The fourth-order valence-corrected chi connectivity index (χ4v) is 1.94. The predicted octanol–water partition coefficient (Wildman–Crippen LogP) is 1.88. The molecule has 1 unspecified atom stereocenters. The van der Waals surface area contributed by atoms with Gasteiger partial charge in [0.1, 0.15) is 0 Å². The average Bonchev–Trinajstić information content (AvgIpc) is 2.33. The highest BCUT2D eigenvalue weighted by Crippen LogP contribution is 2.17. The third kappa shape index (κ3) is 4.40. The van der Waals surface area contributed by atoms with Gasteiger partial charge < -0.3 is 15.2 Å². The van der Waals surface area contributed by atoms with Gasteiger partial charge in [0.05, 0.1) is 12.6 Å². The van der Waals surface area contributed by atoms with Crippen molar-refractivity contribution >= 4 is 21.8 Å². The van der Waals surface area contributed by atoms with E-state index < -0.39 is 0 Å². The molecule has 0 aromatic heterocycles. The van der Waals surface area contributed by atoms with Crippen LogP contribution in [0.3, 0.4) is 0 Å². The Morgan fingerprint density at radius 2 is 2.28 bits per heavy atom. The van der Waals surface area contributed by atoms with E-state index in [1.165, 1.54) is 0 Å². The Morgan fingerprint density at radius 3 is 2.83 bits per heavy atom. The molecule has 0 heterocycles. The summed E-state index contributed by atoms with van der Waals surface area (Å²) in [7, 11) is 1.57. The van der Waals surface area contributed by atoms with Gasteiger partial charge in [0, 0.05) is 23.8 Å². The Kier molecular flexibility index (Phi) is 6.32. The van der Waals surface area contributed by atoms with Crippen LogP contribution in [0.25, 0.3) is 0 Å². The lowest BCUT2D eigenvalue weighted by Crippen LogP contribution is -2.38. The first-order valence-corrected chi connectivity index (χ1v) is 6.54. The molecule has 1 amide bonds. The quantitative estimate of drug-likeness (QED) is 0.842. The molecule has 0 saturated carbocycles. The molecule has 1 aromatic rings. The number of ether oxygens (including phenoxy) is 1. The van der Waals surface area contributed by atoms with Crippen molar-refractivity contribution in [2.75, 3.05) is 20.3 Å². The lowest BCUT2D eigenvalue weighted by molar-refractivity contribution is 0.0878. The van der Waals surface area contributed by atoms with Crippen molar-refractivity contribution in [3.05, 3.63) is 33.8 Å². The van der Waals surface area contributed by atoms with E-state index >= 15 is 0 Å². The molecular formula is C13H18BrNO3. The van der Waals surface area contributed by atoms with Crippen LogP contribution >= 0.6 is 15.9 Å². The normalized spacial score (nSPS) is 12.2. The van der Waals surface area contributed by atoms with Gasteiger partial charge in [0.15, 0.2) is 0 Å². The smallest absolute Gasteiger partial charge is 0.251 e. The number of halogens is 1. The predicted molar refractivity (Wildman–Crippen MR) is 73.7 cm³/mol. The monoisotopic (exact) mass is 315 g/mol. The maximum atomic E-state index is 12.0. The minimum Gasteiger partial charge on any atom is -0.396 e. The van der Waals surface area contributed by atoms with Crippen molar-refractivity contribution in [2.24, 2.45) is 0 Å². The molecule has 1 aromatic carbocycles. The summed E-state index contributed by atoms with van der Waals surface area (Å²) in [5.41, 5.74) is 1.67. The second-order valence-corrected chi connectivity index (χ2v) is 4.96. The number of aliphatic hydroxyl groups excluding tert-OH is 1. The molecule has 0 aliphatic heterocycles. The van der Waals surface area contributed by atoms with Crippen LogP contribution < -0.4 is 5.32 Å². The summed E-state index contributed by atoms with van der Waals surface area (Å²) in [5, 5.41) is 11.7. The summed E-state index contributed by atoms with van der Waals surface area (Å²) in [6.07, 6.45) is 0.479. The Morgan fingerprint density at radius 1 is 1.56 bits per heavy atom. The van der Waals surface area contributed by atoms with Crippen LogP contribution in [0.1, 0.15) is 22.3 Å². The van der Waals surface area contributed by atoms with Gasteiger partial charge >= 0.3 is 0 Å². The molecule has 1 rings (SSSR count). The van der Waals surface area contributed by atoms with Crippen LogP contribution in [0, 0.1) is 6.92 Å². The summed E-state index contributed by atoms with van der Waals surface area (Å²) in [4.78, 5) is 12.0. The molecule has 18 heavy (non-hydrogen) atoms. The van der Waals surface area contributed by atoms with Gasteiger partial charge in [0.25, 0.3) is 5.91 Å². The number of amides is 1. The van der Waals surface area contributed by atoms with Crippen LogP contribution in [-0.2, 0) is 4.74 Å². The summed E-state index contributed by atoms with van der Waals surface area (Å²) in [6.45, 7) is 2.37. The van der Waals surface area contributed by atoms with Crippen LogP contribution in [-0.4, -0.2) is 37.4 Å². The third-order valence-corrected chi connectivity index (χ3v) is 3.47. The van der Waals surface area contributed by atoms with Crippen LogP contribution in [0.5, 0.6) is 0 Å². The zero-order chi connectivity index (χ0) is 13.5. The van der Waals surface area contributed by atoms with E-state index in [4.69, 9.17) is 9.84 Å². The zero-order valence-electron chi connectivity index (χ0n) is 10.6. The molecule has 5 heteroatoms. The molecule has 0 bridgehead atoms. The van der Waals surface area contributed by atoms with Crippen LogP contribution in [0.2, 0.25) is 0 Å². The van der Waals surface area contributed by atoms with E-state index in [2.05, 4.69) is 21.2 Å². The fraction of sp³-hybridized carbons (Fsp3) is 0.462. The number of benzene rings is 1. The Labute approximate surface area is 115 Å². The number of nitrogens with one attached hydrogen (secondary N) is 1. The summed E-state index contributed by atoms with van der Waals surface area (Å²) < 4.78 is 5.90. The number of rotatable bonds is 6. The standard InChI is InChI=1S/C13H18BrNO3/c1-9-3-4-10(7-12(9)14)13(17)15-11(5-6-16)8-18-2/h3-4,7,11,16H,5-6,8H2,1-2H3,(H,15,17). The first-order chi connectivity index (χ1) is 8.58. The number of hydrogen-bond donors (Lipinski definition) is 2.